The zero-order valence-electron chi connectivity index (χ0n) is 12.2. The molecule has 1 aliphatic rings. The van der Waals surface area contributed by atoms with Gasteiger partial charge < -0.3 is 15.3 Å². The molecular formula is C15H21N3O3. The van der Waals surface area contributed by atoms with Crippen LogP contribution in [-0.4, -0.2) is 41.6 Å². The Morgan fingerprint density at radius 3 is 3.05 bits per heavy atom. The third-order valence-electron chi connectivity index (χ3n) is 3.66. The van der Waals surface area contributed by atoms with Crippen LogP contribution >= 0.6 is 0 Å². The van der Waals surface area contributed by atoms with Crippen molar-refractivity contribution in [3.05, 3.63) is 24.0 Å². The Morgan fingerprint density at radius 2 is 2.33 bits per heavy atom. The zero-order valence-corrected chi connectivity index (χ0v) is 12.2. The number of piperidine rings is 1. The molecule has 1 aliphatic heterocycles. The van der Waals surface area contributed by atoms with Crippen LogP contribution in [0.3, 0.4) is 0 Å². The topological polar surface area (TPSA) is 82.5 Å². The Bertz CT molecular complexity index is 519. The minimum absolute atomic E-state index is 0.164. The molecule has 0 radical (unpaired) electrons. The van der Waals surface area contributed by atoms with Gasteiger partial charge in [0.05, 0.1) is 0 Å². The number of carboxylic acid groups (broad SMARTS) is 1. The van der Waals surface area contributed by atoms with Crippen molar-refractivity contribution in [2.24, 2.45) is 5.92 Å². The van der Waals surface area contributed by atoms with E-state index in [1.165, 1.54) is 0 Å². The Balaban J connectivity index is 2.08. The molecule has 1 atom stereocenters. The molecule has 2 heterocycles. The highest BCUT2D eigenvalue weighted by atomic mass is 16.4. The SMILES string of the molecule is CCNC(=O)c1cc(N2CCCC(CC(=O)O)C2)ccn1. The molecule has 1 aromatic rings. The number of nitrogens with one attached hydrogen (secondary N) is 1. The number of carboxylic acids is 1. The second-order valence-electron chi connectivity index (χ2n) is 5.31. The lowest BCUT2D eigenvalue weighted by molar-refractivity contribution is -0.138. The number of aromatic nitrogens is 1. The van der Waals surface area contributed by atoms with E-state index in [-0.39, 0.29) is 18.2 Å². The van der Waals surface area contributed by atoms with Crippen molar-refractivity contribution >= 4 is 17.6 Å². The van der Waals surface area contributed by atoms with Crippen molar-refractivity contribution in [1.82, 2.24) is 10.3 Å². The number of amides is 1. The van der Waals surface area contributed by atoms with E-state index < -0.39 is 5.97 Å². The molecule has 21 heavy (non-hydrogen) atoms. The van der Waals surface area contributed by atoms with Crippen LogP contribution < -0.4 is 10.2 Å². The Hall–Kier alpha value is -2.11. The first kappa shape index (κ1) is 15.3. The fraction of sp³-hybridized carbons (Fsp3) is 0.533. The number of rotatable bonds is 5. The van der Waals surface area contributed by atoms with Gasteiger partial charge in [0.2, 0.25) is 0 Å². The minimum atomic E-state index is -0.750. The van der Waals surface area contributed by atoms with Crippen molar-refractivity contribution in [2.75, 3.05) is 24.5 Å². The summed E-state index contributed by atoms with van der Waals surface area (Å²) in [4.78, 5) is 28.9. The quantitative estimate of drug-likeness (QED) is 0.859. The first-order chi connectivity index (χ1) is 10.1. The standard InChI is InChI=1S/C15H21N3O3/c1-2-16-15(21)13-9-12(5-6-17-13)18-7-3-4-11(10-18)8-14(19)20/h5-6,9,11H,2-4,7-8,10H2,1H3,(H,16,21)(H,19,20). The number of carbonyl (C=O) groups is 2. The molecule has 1 fully saturated rings. The summed E-state index contributed by atoms with van der Waals surface area (Å²) in [5.41, 5.74) is 1.33. The summed E-state index contributed by atoms with van der Waals surface area (Å²) >= 11 is 0. The van der Waals surface area contributed by atoms with E-state index in [4.69, 9.17) is 5.11 Å². The molecule has 2 N–H and O–H groups in total. The largest absolute Gasteiger partial charge is 0.481 e. The second-order valence-corrected chi connectivity index (χ2v) is 5.31. The van der Waals surface area contributed by atoms with Crippen molar-refractivity contribution in [2.45, 2.75) is 26.2 Å². The number of hydrogen-bond donors (Lipinski definition) is 2. The summed E-state index contributed by atoms with van der Waals surface area (Å²) < 4.78 is 0. The van der Waals surface area contributed by atoms with Gasteiger partial charge in [-0.15, -0.1) is 0 Å². The average Bonchev–Trinajstić information content (AvgIpc) is 2.47. The van der Waals surface area contributed by atoms with Gasteiger partial charge >= 0.3 is 5.97 Å². The Kier molecular flexibility index (Phi) is 5.14. The number of aliphatic carboxylic acids is 1. The number of nitrogens with zero attached hydrogens (tertiary/aromatic N) is 2. The molecule has 6 nitrogen and oxygen atoms in total. The molecule has 0 bridgehead atoms. The van der Waals surface area contributed by atoms with Crippen LogP contribution in [0.5, 0.6) is 0 Å². The molecule has 1 aromatic heterocycles. The van der Waals surface area contributed by atoms with Gasteiger partial charge in [-0.3, -0.25) is 14.6 Å². The van der Waals surface area contributed by atoms with E-state index in [9.17, 15) is 9.59 Å². The third kappa shape index (κ3) is 4.18. The van der Waals surface area contributed by atoms with Crippen LogP contribution in [0, 0.1) is 5.92 Å². The molecule has 1 unspecified atom stereocenters. The predicted molar refractivity (Wildman–Crippen MR) is 79.4 cm³/mol. The van der Waals surface area contributed by atoms with Gasteiger partial charge in [0, 0.05) is 37.9 Å². The highest BCUT2D eigenvalue weighted by Crippen LogP contribution is 2.25. The maximum atomic E-state index is 11.8. The van der Waals surface area contributed by atoms with Crippen molar-refractivity contribution in [1.29, 1.82) is 0 Å². The predicted octanol–water partition coefficient (Wildman–Crippen LogP) is 1.52. The molecular weight excluding hydrogens is 270 g/mol. The number of carbonyl (C=O) groups excluding carboxylic acids is 1. The third-order valence-corrected chi connectivity index (χ3v) is 3.66. The summed E-state index contributed by atoms with van der Waals surface area (Å²) in [6.07, 6.45) is 3.74. The van der Waals surface area contributed by atoms with Crippen molar-refractivity contribution in [3.63, 3.8) is 0 Å². The van der Waals surface area contributed by atoms with E-state index in [2.05, 4.69) is 15.2 Å². The summed E-state index contributed by atoms with van der Waals surface area (Å²) in [7, 11) is 0. The highest BCUT2D eigenvalue weighted by Gasteiger charge is 2.22. The fourth-order valence-corrected chi connectivity index (χ4v) is 2.70. The molecule has 0 aliphatic carbocycles. The van der Waals surface area contributed by atoms with Gasteiger partial charge in [-0.05, 0) is 37.8 Å². The van der Waals surface area contributed by atoms with Crippen LogP contribution in [0.25, 0.3) is 0 Å². The van der Waals surface area contributed by atoms with E-state index in [1.54, 1.807) is 12.3 Å². The van der Waals surface area contributed by atoms with Gasteiger partial charge in [0.1, 0.15) is 5.69 Å². The number of hydrogen-bond acceptors (Lipinski definition) is 4. The summed E-state index contributed by atoms with van der Waals surface area (Å²) in [6.45, 7) is 4.03. The maximum Gasteiger partial charge on any atom is 0.303 e. The minimum Gasteiger partial charge on any atom is -0.481 e. The second kappa shape index (κ2) is 7.06. The van der Waals surface area contributed by atoms with Crippen molar-refractivity contribution < 1.29 is 14.7 Å². The molecule has 1 saturated heterocycles. The molecule has 114 valence electrons. The van der Waals surface area contributed by atoms with E-state index >= 15 is 0 Å². The van der Waals surface area contributed by atoms with Crippen molar-refractivity contribution in [3.8, 4) is 0 Å². The number of pyridine rings is 1. The summed E-state index contributed by atoms with van der Waals surface area (Å²) in [5.74, 6) is -0.768. The molecule has 0 aromatic carbocycles. The molecule has 0 saturated carbocycles. The lowest BCUT2D eigenvalue weighted by Crippen LogP contribution is -2.36. The van der Waals surface area contributed by atoms with Crippen LogP contribution in [0.15, 0.2) is 18.3 Å². The first-order valence-electron chi connectivity index (χ1n) is 7.31. The monoisotopic (exact) mass is 291 g/mol. The Labute approximate surface area is 124 Å². The van der Waals surface area contributed by atoms with E-state index in [0.717, 1.165) is 25.1 Å². The summed E-state index contributed by atoms with van der Waals surface area (Å²) in [5, 5.41) is 11.6. The lowest BCUT2D eigenvalue weighted by Gasteiger charge is -2.33. The molecule has 0 spiro atoms. The zero-order chi connectivity index (χ0) is 15.2. The molecule has 1 amide bonds. The van der Waals surface area contributed by atoms with Gasteiger partial charge in [0.15, 0.2) is 0 Å². The van der Waals surface area contributed by atoms with Gasteiger partial charge in [-0.2, -0.15) is 0 Å². The van der Waals surface area contributed by atoms with Crippen LogP contribution in [0.4, 0.5) is 5.69 Å². The van der Waals surface area contributed by atoms with Crippen LogP contribution in [0.1, 0.15) is 36.7 Å². The maximum absolute atomic E-state index is 11.8. The molecule has 2 rings (SSSR count). The van der Waals surface area contributed by atoms with E-state index in [0.29, 0.717) is 18.8 Å². The van der Waals surface area contributed by atoms with E-state index in [1.807, 2.05) is 13.0 Å². The fourth-order valence-electron chi connectivity index (χ4n) is 2.70. The Morgan fingerprint density at radius 1 is 1.52 bits per heavy atom. The summed E-state index contributed by atoms with van der Waals surface area (Å²) in [6, 6.07) is 3.64. The highest BCUT2D eigenvalue weighted by molar-refractivity contribution is 5.93. The van der Waals surface area contributed by atoms with Gasteiger partial charge in [-0.1, -0.05) is 0 Å². The normalized spacial score (nSPS) is 18.3. The van der Waals surface area contributed by atoms with Crippen LogP contribution in [-0.2, 0) is 4.79 Å². The average molecular weight is 291 g/mol. The van der Waals surface area contributed by atoms with Gasteiger partial charge in [0.25, 0.3) is 5.91 Å². The number of anilines is 1. The smallest absolute Gasteiger partial charge is 0.303 e. The molecule has 6 heteroatoms. The first-order valence-corrected chi connectivity index (χ1v) is 7.31. The van der Waals surface area contributed by atoms with Gasteiger partial charge in [-0.25, -0.2) is 0 Å². The van der Waals surface area contributed by atoms with Crippen LogP contribution in [0.2, 0.25) is 0 Å². The lowest BCUT2D eigenvalue weighted by atomic mass is 9.94.